The summed E-state index contributed by atoms with van der Waals surface area (Å²) in [4.78, 5) is 0. The van der Waals surface area contributed by atoms with Crippen molar-refractivity contribution in [1.82, 2.24) is 5.32 Å². The zero-order chi connectivity index (χ0) is 14.2. The minimum absolute atomic E-state index is 0.556. The summed E-state index contributed by atoms with van der Waals surface area (Å²) >= 11 is 0. The van der Waals surface area contributed by atoms with Gasteiger partial charge in [-0.25, -0.2) is 0 Å². The van der Waals surface area contributed by atoms with Gasteiger partial charge in [-0.3, -0.25) is 0 Å². The lowest BCUT2D eigenvalue weighted by Gasteiger charge is -2.25. The molecule has 0 unspecified atom stereocenters. The molecule has 0 spiro atoms. The third-order valence-corrected chi connectivity index (χ3v) is 4.22. The second-order valence-electron chi connectivity index (χ2n) is 6.27. The fraction of sp³-hybridized carbons (Fsp3) is 0.667. The van der Waals surface area contributed by atoms with Crippen molar-refractivity contribution in [1.29, 1.82) is 0 Å². The highest BCUT2D eigenvalue weighted by molar-refractivity contribution is 5.26. The van der Waals surface area contributed by atoms with E-state index in [4.69, 9.17) is 4.74 Å². The predicted octanol–water partition coefficient (Wildman–Crippen LogP) is 3.93. The first-order valence-electron chi connectivity index (χ1n) is 8.13. The fourth-order valence-corrected chi connectivity index (χ4v) is 2.65. The fourth-order valence-electron chi connectivity index (χ4n) is 2.65. The largest absolute Gasteiger partial charge is 0.377 e. The lowest BCUT2D eigenvalue weighted by molar-refractivity contribution is 0.0945. The van der Waals surface area contributed by atoms with Crippen molar-refractivity contribution in [3.8, 4) is 0 Å². The normalized spacial score (nSPS) is 15.6. The van der Waals surface area contributed by atoms with E-state index in [1.165, 1.54) is 36.8 Å². The van der Waals surface area contributed by atoms with Crippen LogP contribution in [0.5, 0.6) is 0 Å². The number of benzene rings is 1. The van der Waals surface area contributed by atoms with Crippen LogP contribution in [0, 0.1) is 5.92 Å². The van der Waals surface area contributed by atoms with Gasteiger partial charge in [0.1, 0.15) is 0 Å². The van der Waals surface area contributed by atoms with Crippen LogP contribution in [0.3, 0.4) is 0 Å². The zero-order valence-corrected chi connectivity index (χ0v) is 13.0. The lowest BCUT2D eigenvalue weighted by atomic mass is 9.83. The Morgan fingerprint density at radius 1 is 1.20 bits per heavy atom. The molecule has 0 amide bonds. The Labute approximate surface area is 123 Å². The molecule has 2 rings (SSSR count). The molecule has 2 nitrogen and oxygen atoms in total. The maximum atomic E-state index is 5.87. The molecule has 0 bridgehead atoms. The standard InChI is InChI=1S/C18H29NO/c1-15(2)19-12-10-17-8-3-4-9-18(17)14-20-13-11-16-6-5-7-16/h3-4,8-9,15-16,19H,5-7,10-14H2,1-2H3. The highest BCUT2D eigenvalue weighted by atomic mass is 16.5. The van der Waals surface area contributed by atoms with Crippen molar-refractivity contribution in [2.24, 2.45) is 5.92 Å². The number of hydrogen-bond acceptors (Lipinski definition) is 2. The molecule has 1 aliphatic rings. The van der Waals surface area contributed by atoms with Crippen LogP contribution in [0.1, 0.15) is 50.7 Å². The molecule has 0 aliphatic heterocycles. The summed E-state index contributed by atoms with van der Waals surface area (Å²) in [7, 11) is 0. The lowest BCUT2D eigenvalue weighted by Crippen LogP contribution is -2.25. The van der Waals surface area contributed by atoms with Gasteiger partial charge in [0.15, 0.2) is 0 Å². The Morgan fingerprint density at radius 3 is 2.60 bits per heavy atom. The van der Waals surface area contributed by atoms with E-state index in [0.29, 0.717) is 6.04 Å². The molecule has 1 N–H and O–H groups in total. The topological polar surface area (TPSA) is 21.3 Å². The van der Waals surface area contributed by atoms with Gasteiger partial charge in [-0.05, 0) is 36.4 Å². The summed E-state index contributed by atoms with van der Waals surface area (Å²) in [5.74, 6) is 0.945. The van der Waals surface area contributed by atoms with E-state index < -0.39 is 0 Å². The van der Waals surface area contributed by atoms with E-state index in [1.807, 2.05) is 0 Å². The molecule has 0 aromatic heterocycles. The first-order valence-corrected chi connectivity index (χ1v) is 8.13. The maximum Gasteiger partial charge on any atom is 0.0719 e. The molecule has 1 fully saturated rings. The van der Waals surface area contributed by atoms with Gasteiger partial charge >= 0.3 is 0 Å². The van der Waals surface area contributed by atoms with Gasteiger partial charge in [0.25, 0.3) is 0 Å². The Balaban J connectivity index is 1.71. The van der Waals surface area contributed by atoms with Gasteiger partial charge in [0.2, 0.25) is 0 Å². The monoisotopic (exact) mass is 275 g/mol. The Bertz CT molecular complexity index is 385. The molecule has 2 heteroatoms. The molecule has 1 aliphatic carbocycles. The van der Waals surface area contributed by atoms with Gasteiger partial charge in [-0.1, -0.05) is 57.4 Å². The minimum atomic E-state index is 0.556. The summed E-state index contributed by atoms with van der Waals surface area (Å²) in [5, 5.41) is 3.48. The third-order valence-electron chi connectivity index (χ3n) is 4.22. The Hall–Kier alpha value is -0.860. The molecule has 0 saturated heterocycles. The molecular formula is C18H29NO. The third kappa shape index (κ3) is 5.26. The van der Waals surface area contributed by atoms with Crippen LogP contribution in [0.4, 0.5) is 0 Å². The summed E-state index contributed by atoms with van der Waals surface area (Å²) < 4.78 is 5.87. The van der Waals surface area contributed by atoms with E-state index in [0.717, 1.165) is 32.1 Å². The summed E-state index contributed by atoms with van der Waals surface area (Å²) in [6, 6.07) is 9.23. The average Bonchev–Trinajstić information content (AvgIpc) is 2.37. The molecule has 1 aromatic carbocycles. The van der Waals surface area contributed by atoms with Gasteiger partial charge < -0.3 is 10.1 Å². The van der Waals surface area contributed by atoms with E-state index in [-0.39, 0.29) is 0 Å². The highest BCUT2D eigenvalue weighted by Gasteiger charge is 2.16. The first-order chi connectivity index (χ1) is 9.75. The second kappa shape index (κ2) is 8.43. The molecule has 0 radical (unpaired) electrons. The first kappa shape index (κ1) is 15.5. The number of rotatable bonds is 9. The van der Waals surface area contributed by atoms with Crippen molar-refractivity contribution >= 4 is 0 Å². The van der Waals surface area contributed by atoms with Crippen LogP contribution in [0.15, 0.2) is 24.3 Å². The van der Waals surface area contributed by atoms with E-state index in [2.05, 4.69) is 43.4 Å². The quantitative estimate of drug-likeness (QED) is 0.689. The summed E-state index contributed by atoms with van der Waals surface area (Å²) in [6.07, 6.45) is 6.59. The van der Waals surface area contributed by atoms with Gasteiger partial charge in [0, 0.05) is 12.6 Å². The molecule has 0 heterocycles. The predicted molar refractivity (Wildman–Crippen MR) is 84.9 cm³/mol. The van der Waals surface area contributed by atoms with Crippen LogP contribution in [-0.4, -0.2) is 19.2 Å². The molecule has 0 atom stereocenters. The molecule has 112 valence electrons. The van der Waals surface area contributed by atoms with Crippen molar-refractivity contribution < 1.29 is 4.74 Å². The second-order valence-corrected chi connectivity index (χ2v) is 6.27. The number of hydrogen-bond donors (Lipinski definition) is 1. The van der Waals surface area contributed by atoms with Gasteiger partial charge in [-0.15, -0.1) is 0 Å². The van der Waals surface area contributed by atoms with Crippen molar-refractivity contribution in [3.05, 3.63) is 35.4 Å². The Kier molecular flexibility index (Phi) is 6.55. The summed E-state index contributed by atoms with van der Waals surface area (Å²) in [5.41, 5.74) is 2.77. The van der Waals surface area contributed by atoms with Crippen LogP contribution < -0.4 is 5.32 Å². The number of ether oxygens (including phenoxy) is 1. The minimum Gasteiger partial charge on any atom is -0.377 e. The van der Waals surface area contributed by atoms with Crippen LogP contribution in [0.2, 0.25) is 0 Å². The number of nitrogens with one attached hydrogen (secondary N) is 1. The smallest absolute Gasteiger partial charge is 0.0719 e. The highest BCUT2D eigenvalue weighted by Crippen LogP contribution is 2.29. The maximum absolute atomic E-state index is 5.87. The molecule has 1 saturated carbocycles. The van der Waals surface area contributed by atoms with E-state index in [9.17, 15) is 0 Å². The van der Waals surface area contributed by atoms with E-state index in [1.54, 1.807) is 0 Å². The molecular weight excluding hydrogens is 246 g/mol. The van der Waals surface area contributed by atoms with Crippen LogP contribution in [-0.2, 0) is 17.8 Å². The summed E-state index contributed by atoms with van der Waals surface area (Å²) in [6.45, 7) is 7.11. The SMILES string of the molecule is CC(C)NCCc1ccccc1COCCC1CCC1. The molecule has 20 heavy (non-hydrogen) atoms. The van der Waals surface area contributed by atoms with Crippen molar-refractivity contribution in [3.63, 3.8) is 0 Å². The van der Waals surface area contributed by atoms with Crippen LogP contribution in [0.25, 0.3) is 0 Å². The van der Waals surface area contributed by atoms with Crippen molar-refractivity contribution in [2.45, 2.75) is 58.6 Å². The average molecular weight is 275 g/mol. The zero-order valence-electron chi connectivity index (χ0n) is 13.0. The van der Waals surface area contributed by atoms with Crippen molar-refractivity contribution in [2.75, 3.05) is 13.2 Å². The van der Waals surface area contributed by atoms with Crippen LogP contribution >= 0.6 is 0 Å². The van der Waals surface area contributed by atoms with Gasteiger partial charge in [-0.2, -0.15) is 0 Å². The van der Waals surface area contributed by atoms with E-state index >= 15 is 0 Å². The van der Waals surface area contributed by atoms with Gasteiger partial charge in [0.05, 0.1) is 6.61 Å². The Morgan fingerprint density at radius 2 is 1.95 bits per heavy atom. The molecule has 1 aromatic rings.